The van der Waals surface area contributed by atoms with Crippen LogP contribution in [-0.4, -0.2) is 35.8 Å². The Kier molecular flexibility index (Phi) is 6.54. The molecular formula is C29H18O9. The first-order valence-electron chi connectivity index (χ1n) is 11.7. The first kappa shape index (κ1) is 24.6. The number of esters is 6. The van der Waals surface area contributed by atoms with E-state index in [0.717, 1.165) is 24.1 Å². The summed E-state index contributed by atoms with van der Waals surface area (Å²) in [6, 6.07) is 14.4. The van der Waals surface area contributed by atoms with E-state index in [0.29, 0.717) is 11.1 Å². The molecule has 0 spiro atoms. The largest absolute Gasteiger partial charge is 0.393 e. The number of ether oxygens (including phenoxy) is 3. The Hall–Kier alpha value is -5.10. The molecule has 4 unspecified atom stereocenters. The van der Waals surface area contributed by atoms with Crippen LogP contribution in [0.4, 0.5) is 0 Å². The molecule has 2 aromatic carbocycles. The molecule has 2 aromatic rings. The summed E-state index contributed by atoms with van der Waals surface area (Å²) >= 11 is 0. The zero-order chi connectivity index (χ0) is 26.8. The Balaban J connectivity index is 0.000000131. The van der Waals surface area contributed by atoms with Crippen molar-refractivity contribution in [3.8, 4) is 11.8 Å². The van der Waals surface area contributed by atoms with Gasteiger partial charge in [-0.3, -0.25) is 9.59 Å². The highest BCUT2D eigenvalue weighted by atomic mass is 16.6. The molecule has 38 heavy (non-hydrogen) atoms. The van der Waals surface area contributed by atoms with E-state index in [1.807, 2.05) is 42.5 Å². The lowest BCUT2D eigenvalue weighted by molar-refractivity contribution is -0.155. The van der Waals surface area contributed by atoms with Gasteiger partial charge in [-0.1, -0.05) is 42.2 Å². The van der Waals surface area contributed by atoms with E-state index in [4.69, 9.17) is 0 Å². The van der Waals surface area contributed by atoms with Crippen molar-refractivity contribution in [3.63, 3.8) is 0 Å². The van der Waals surface area contributed by atoms with E-state index in [9.17, 15) is 28.8 Å². The molecule has 188 valence electrons. The SMILES string of the molecule is O=C1C=CC(=O)O1.O=C1OC(=O)C2C3C=CC(C3)C12.O=C1OC(=O)c2cc(C#Cc3ccccc3)ccc21. The third kappa shape index (κ3) is 4.92. The predicted molar refractivity (Wildman–Crippen MR) is 128 cm³/mol. The molecule has 0 amide bonds. The van der Waals surface area contributed by atoms with Gasteiger partial charge in [-0.2, -0.15) is 0 Å². The summed E-state index contributed by atoms with van der Waals surface area (Å²) < 4.78 is 13.1. The summed E-state index contributed by atoms with van der Waals surface area (Å²) in [7, 11) is 0. The number of rotatable bonds is 0. The van der Waals surface area contributed by atoms with Crippen LogP contribution in [0.1, 0.15) is 38.3 Å². The quantitative estimate of drug-likeness (QED) is 0.173. The fraction of sp³-hybridized carbons (Fsp3) is 0.172. The molecule has 2 fully saturated rings. The monoisotopic (exact) mass is 510 g/mol. The Bertz CT molecular complexity index is 1460. The van der Waals surface area contributed by atoms with E-state index >= 15 is 0 Å². The fourth-order valence-electron chi connectivity index (χ4n) is 4.83. The first-order valence-corrected chi connectivity index (χ1v) is 11.7. The van der Waals surface area contributed by atoms with Crippen LogP contribution < -0.4 is 0 Å². The van der Waals surface area contributed by atoms with Crippen molar-refractivity contribution in [1.82, 2.24) is 0 Å². The zero-order valence-electron chi connectivity index (χ0n) is 19.6. The van der Waals surface area contributed by atoms with Crippen molar-refractivity contribution < 1.29 is 43.0 Å². The number of carbonyl (C=O) groups is 6. The predicted octanol–water partition coefficient (Wildman–Crippen LogP) is 2.53. The highest BCUT2D eigenvalue weighted by Gasteiger charge is 2.57. The Morgan fingerprint density at radius 1 is 0.605 bits per heavy atom. The summed E-state index contributed by atoms with van der Waals surface area (Å²) in [6.07, 6.45) is 7.23. The molecule has 4 atom stereocenters. The maximum atomic E-state index is 11.4. The van der Waals surface area contributed by atoms with Crippen molar-refractivity contribution >= 4 is 35.8 Å². The van der Waals surface area contributed by atoms with E-state index in [-0.39, 0.29) is 41.2 Å². The molecular weight excluding hydrogens is 492 g/mol. The molecule has 2 bridgehead atoms. The van der Waals surface area contributed by atoms with Crippen LogP contribution in [0.3, 0.4) is 0 Å². The molecule has 1 saturated carbocycles. The Labute approximate surface area is 216 Å². The molecule has 7 rings (SSSR count). The summed E-state index contributed by atoms with van der Waals surface area (Å²) in [6.45, 7) is 0. The minimum atomic E-state index is -0.608. The number of hydrogen-bond donors (Lipinski definition) is 0. The second-order valence-electron chi connectivity index (χ2n) is 8.87. The highest BCUT2D eigenvalue weighted by Crippen LogP contribution is 2.51. The second-order valence-corrected chi connectivity index (χ2v) is 8.87. The Morgan fingerprint density at radius 3 is 1.76 bits per heavy atom. The van der Waals surface area contributed by atoms with Gasteiger partial charge in [0.15, 0.2) is 0 Å². The van der Waals surface area contributed by atoms with Gasteiger partial charge >= 0.3 is 35.8 Å². The summed E-state index contributed by atoms with van der Waals surface area (Å²) in [5.41, 5.74) is 2.15. The maximum Gasteiger partial charge on any atom is 0.346 e. The highest BCUT2D eigenvalue weighted by molar-refractivity contribution is 6.14. The first-order chi connectivity index (χ1) is 18.3. The summed E-state index contributed by atoms with van der Waals surface area (Å²) in [5, 5.41) is 0. The van der Waals surface area contributed by atoms with E-state index in [1.165, 1.54) is 0 Å². The summed E-state index contributed by atoms with van der Waals surface area (Å²) in [4.78, 5) is 64.9. The van der Waals surface area contributed by atoms with Gasteiger partial charge in [0.1, 0.15) is 0 Å². The van der Waals surface area contributed by atoms with Crippen LogP contribution in [0.25, 0.3) is 0 Å². The van der Waals surface area contributed by atoms with Crippen LogP contribution in [-0.2, 0) is 33.4 Å². The number of hydrogen-bond acceptors (Lipinski definition) is 9. The van der Waals surface area contributed by atoms with Crippen LogP contribution >= 0.6 is 0 Å². The number of cyclic esters (lactones) is 6. The number of allylic oxidation sites excluding steroid dienone is 2. The zero-order valence-corrected chi connectivity index (χ0v) is 19.6. The topological polar surface area (TPSA) is 130 Å². The number of fused-ring (bicyclic) bond motifs is 6. The molecule has 3 heterocycles. The minimum Gasteiger partial charge on any atom is -0.393 e. The molecule has 0 aromatic heterocycles. The standard InChI is InChI=1S/C16H8O3.C9H8O3.C4H2O3/c17-15-13-9-8-12(10-14(13)16(18)19-15)7-6-11-4-2-1-3-5-11;10-8-6-4-1-2-5(3-4)7(6)9(11)12-8;5-3-1-2-4(6)7-3/h1-5,8-10H;1-2,4-7H,3H2;1-2H. The van der Waals surface area contributed by atoms with Gasteiger partial charge in [-0.25, -0.2) is 19.2 Å². The van der Waals surface area contributed by atoms with Gasteiger partial charge in [0.2, 0.25) is 0 Å². The summed E-state index contributed by atoms with van der Waals surface area (Å²) in [5.74, 6) is 3.24. The average Bonchev–Trinajstić information content (AvgIpc) is 3.72. The van der Waals surface area contributed by atoms with Crippen molar-refractivity contribution in [2.24, 2.45) is 23.7 Å². The van der Waals surface area contributed by atoms with Gasteiger partial charge in [0.25, 0.3) is 0 Å². The van der Waals surface area contributed by atoms with E-state index < -0.39 is 23.9 Å². The van der Waals surface area contributed by atoms with Crippen molar-refractivity contribution in [2.45, 2.75) is 6.42 Å². The molecule has 1 saturated heterocycles. The van der Waals surface area contributed by atoms with Crippen molar-refractivity contribution in [1.29, 1.82) is 0 Å². The van der Waals surface area contributed by atoms with Crippen LogP contribution in [0.15, 0.2) is 72.8 Å². The maximum absolute atomic E-state index is 11.4. The van der Waals surface area contributed by atoms with Crippen LogP contribution in [0.5, 0.6) is 0 Å². The van der Waals surface area contributed by atoms with Gasteiger partial charge < -0.3 is 14.2 Å². The molecule has 5 aliphatic rings. The molecule has 3 aliphatic heterocycles. The molecule has 9 heteroatoms. The third-order valence-corrected chi connectivity index (χ3v) is 6.53. The number of carbonyl (C=O) groups excluding carboxylic acids is 6. The van der Waals surface area contributed by atoms with Crippen LogP contribution in [0, 0.1) is 35.5 Å². The lowest BCUT2D eigenvalue weighted by Crippen LogP contribution is -2.21. The van der Waals surface area contributed by atoms with Crippen molar-refractivity contribution in [2.75, 3.05) is 0 Å². The van der Waals surface area contributed by atoms with Crippen molar-refractivity contribution in [3.05, 3.63) is 95.1 Å². The van der Waals surface area contributed by atoms with Gasteiger partial charge in [-0.15, -0.1) is 0 Å². The lowest BCUT2D eigenvalue weighted by Gasteiger charge is -2.12. The lowest BCUT2D eigenvalue weighted by atomic mass is 9.85. The molecule has 0 radical (unpaired) electrons. The smallest absolute Gasteiger partial charge is 0.346 e. The van der Waals surface area contributed by atoms with Gasteiger partial charge in [0, 0.05) is 23.3 Å². The second kappa shape index (κ2) is 10.1. The van der Waals surface area contributed by atoms with Gasteiger partial charge in [-0.05, 0) is 48.6 Å². The number of benzene rings is 2. The fourth-order valence-corrected chi connectivity index (χ4v) is 4.83. The Morgan fingerprint density at radius 2 is 1.18 bits per heavy atom. The molecule has 2 aliphatic carbocycles. The normalized spacial score (nSPS) is 24.7. The third-order valence-electron chi connectivity index (χ3n) is 6.53. The molecule has 9 nitrogen and oxygen atoms in total. The van der Waals surface area contributed by atoms with E-state index in [1.54, 1.807) is 18.2 Å². The average molecular weight is 510 g/mol. The minimum absolute atomic E-state index is 0.146. The van der Waals surface area contributed by atoms with E-state index in [2.05, 4.69) is 26.1 Å². The van der Waals surface area contributed by atoms with Crippen LogP contribution in [0.2, 0.25) is 0 Å². The van der Waals surface area contributed by atoms with Gasteiger partial charge in [0.05, 0.1) is 23.0 Å². The molecule has 0 N–H and O–H groups in total.